The summed E-state index contributed by atoms with van der Waals surface area (Å²) in [5.74, 6) is -1.00. The second-order valence-corrected chi connectivity index (χ2v) is 2.89. The lowest BCUT2D eigenvalue weighted by Gasteiger charge is -2.06. The Bertz CT molecular complexity index is 371. The van der Waals surface area contributed by atoms with Gasteiger partial charge in [-0.2, -0.15) is 0 Å². The van der Waals surface area contributed by atoms with Crippen LogP contribution in [0.3, 0.4) is 0 Å². The number of phenolic OH excluding ortho intramolecular Hbond substituents is 1. The molecule has 1 aromatic carbocycles. The Morgan fingerprint density at radius 1 is 1.57 bits per heavy atom. The first kappa shape index (κ1) is 10.6. The highest BCUT2D eigenvalue weighted by atomic mass is 35.5. The molecule has 0 saturated heterocycles. The van der Waals surface area contributed by atoms with Gasteiger partial charge in [-0.25, -0.2) is 9.18 Å². The number of benzene rings is 1. The molecule has 0 heterocycles. The molecule has 0 saturated carbocycles. The topological polar surface area (TPSA) is 61.4 Å². The number of halogens is 2. The van der Waals surface area contributed by atoms with Crippen LogP contribution in [0.5, 0.6) is 5.75 Å². The van der Waals surface area contributed by atoms with Crippen LogP contribution in [-0.2, 0) is 0 Å². The van der Waals surface area contributed by atoms with Crippen LogP contribution in [-0.4, -0.2) is 18.2 Å². The lowest BCUT2D eigenvalue weighted by molar-refractivity contribution is 0.254. The van der Waals surface area contributed by atoms with Crippen molar-refractivity contribution in [1.29, 1.82) is 0 Å². The van der Waals surface area contributed by atoms with Gasteiger partial charge in [-0.3, -0.25) is 0 Å². The number of phenols is 1. The van der Waals surface area contributed by atoms with Crippen LogP contribution in [0.25, 0.3) is 0 Å². The number of aromatic hydroxyl groups is 1. The van der Waals surface area contributed by atoms with Gasteiger partial charge in [0.05, 0.1) is 10.7 Å². The van der Waals surface area contributed by atoms with E-state index in [0.29, 0.717) is 0 Å². The van der Waals surface area contributed by atoms with Crippen LogP contribution in [0, 0.1) is 5.82 Å². The first-order valence-corrected chi connectivity index (χ1v) is 4.09. The molecule has 0 aliphatic carbocycles. The van der Waals surface area contributed by atoms with Crippen LogP contribution >= 0.6 is 11.6 Å². The number of urea groups is 1. The molecule has 0 atom stereocenters. The van der Waals surface area contributed by atoms with Gasteiger partial charge >= 0.3 is 6.03 Å². The fourth-order valence-electron chi connectivity index (χ4n) is 0.818. The van der Waals surface area contributed by atoms with Gasteiger partial charge in [0, 0.05) is 13.1 Å². The summed E-state index contributed by atoms with van der Waals surface area (Å²) in [7, 11) is 1.39. The van der Waals surface area contributed by atoms with Crippen molar-refractivity contribution in [2.24, 2.45) is 0 Å². The summed E-state index contributed by atoms with van der Waals surface area (Å²) in [6.07, 6.45) is 0. The van der Waals surface area contributed by atoms with E-state index in [1.54, 1.807) is 0 Å². The van der Waals surface area contributed by atoms with Gasteiger partial charge in [0.2, 0.25) is 0 Å². The van der Waals surface area contributed by atoms with E-state index in [-0.39, 0.29) is 16.5 Å². The minimum atomic E-state index is -0.712. The number of amides is 2. The number of carbonyl (C=O) groups is 1. The van der Waals surface area contributed by atoms with E-state index in [1.807, 2.05) is 0 Å². The number of nitrogens with one attached hydrogen (secondary N) is 2. The lowest BCUT2D eigenvalue weighted by Crippen LogP contribution is -2.24. The first-order valence-electron chi connectivity index (χ1n) is 3.71. The molecule has 2 amide bonds. The fraction of sp³-hybridized carbons (Fsp3) is 0.125. The fourth-order valence-corrected chi connectivity index (χ4v) is 0.969. The molecular weight excluding hydrogens is 211 g/mol. The smallest absolute Gasteiger partial charge is 0.319 e. The van der Waals surface area contributed by atoms with Crippen molar-refractivity contribution in [3.05, 3.63) is 23.0 Å². The summed E-state index contributed by atoms with van der Waals surface area (Å²) in [4.78, 5) is 10.8. The number of hydrogen-bond donors (Lipinski definition) is 3. The Kier molecular flexibility index (Phi) is 3.14. The third-order valence-electron chi connectivity index (χ3n) is 1.51. The lowest BCUT2D eigenvalue weighted by atomic mass is 10.3. The number of hydrogen-bond acceptors (Lipinski definition) is 2. The summed E-state index contributed by atoms with van der Waals surface area (Å²) in [6, 6.07) is 1.38. The minimum Gasteiger partial charge on any atom is -0.506 e. The number of anilines is 1. The van der Waals surface area contributed by atoms with Crippen molar-refractivity contribution in [2.45, 2.75) is 0 Å². The molecule has 0 radical (unpaired) electrons. The van der Waals surface area contributed by atoms with Crippen LogP contribution in [0.2, 0.25) is 5.02 Å². The monoisotopic (exact) mass is 218 g/mol. The van der Waals surface area contributed by atoms with Crippen LogP contribution < -0.4 is 10.6 Å². The molecule has 3 N–H and O–H groups in total. The minimum absolute atomic E-state index is 0.107. The third-order valence-corrected chi connectivity index (χ3v) is 1.81. The zero-order valence-electron chi connectivity index (χ0n) is 7.27. The maximum Gasteiger partial charge on any atom is 0.319 e. The molecule has 1 aromatic rings. The summed E-state index contributed by atoms with van der Waals surface area (Å²) < 4.78 is 13.1. The molecule has 14 heavy (non-hydrogen) atoms. The second kappa shape index (κ2) is 4.15. The predicted molar refractivity (Wildman–Crippen MR) is 51.2 cm³/mol. The molecule has 0 bridgehead atoms. The van der Waals surface area contributed by atoms with Crippen molar-refractivity contribution >= 4 is 23.3 Å². The molecule has 0 spiro atoms. The highest BCUT2D eigenvalue weighted by Gasteiger charge is 2.09. The molecular formula is C8H8ClFN2O2. The predicted octanol–water partition coefficient (Wildman–Crippen LogP) is 1.94. The molecule has 4 nitrogen and oxygen atoms in total. The van der Waals surface area contributed by atoms with E-state index >= 15 is 0 Å². The van der Waals surface area contributed by atoms with E-state index < -0.39 is 11.8 Å². The number of carbonyl (C=O) groups excluding carboxylic acids is 1. The van der Waals surface area contributed by atoms with Crippen LogP contribution in [0.4, 0.5) is 14.9 Å². The zero-order valence-corrected chi connectivity index (χ0v) is 8.02. The zero-order chi connectivity index (χ0) is 10.7. The quantitative estimate of drug-likeness (QED) is 0.675. The van der Waals surface area contributed by atoms with Gasteiger partial charge in [0.1, 0.15) is 11.6 Å². The third kappa shape index (κ3) is 2.26. The molecule has 0 aliphatic heterocycles. The Morgan fingerprint density at radius 3 is 2.79 bits per heavy atom. The van der Waals surface area contributed by atoms with Gasteiger partial charge in [-0.15, -0.1) is 0 Å². The molecule has 0 unspecified atom stereocenters. The summed E-state index contributed by atoms with van der Waals surface area (Å²) in [5.41, 5.74) is -0.133. The largest absolute Gasteiger partial charge is 0.506 e. The number of rotatable bonds is 1. The van der Waals surface area contributed by atoms with E-state index in [2.05, 4.69) is 10.6 Å². The Labute approximate surface area is 84.7 Å². The van der Waals surface area contributed by atoms with Crippen LogP contribution in [0.15, 0.2) is 12.1 Å². The molecule has 6 heteroatoms. The summed E-state index contributed by atoms with van der Waals surface area (Å²) in [6.45, 7) is 0. The standard InChI is InChI=1S/C8H8ClFN2O2/c1-11-8(14)12-6-3-7(13)4(9)2-5(6)10/h2-3,13H,1H3,(H2,11,12,14). The van der Waals surface area contributed by atoms with Crippen molar-refractivity contribution in [1.82, 2.24) is 5.32 Å². The molecule has 0 aliphatic rings. The van der Waals surface area contributed by atoms with Gasteiger partial charge in [0.15, 0.2) is 0 Å². The molecule has 76 valence electrons. The maximum absolute atomic E-state index is 13.1. The van der Waals surface area contributed by atoms with Crippen molar-refractivity contribution in [2.75, 3.05) is 12.4 Å². The first-order chi connectivity index (χ1) is 6.54. The summed E-state index contributed by atoms with van der Waals surface area (Å²) >= 11 is 5.44. The van der Waals surface area contributed by atoms with Gasteiger partial charge < -0.3 is 15.7 Å². The van der Waals surface area contributed by atoms with Crippen molar-refractivity contribution in [3.8, 4) is 5.75 Å². The maximum atomic E-state index is 13.1. The highest BCUT2D eigenvalue weighted by Crippen LogP contribution is 2.28. The highest BCUT2D eigenvalue weighted by molar-refractivity contribution is 6.32. The Balaban J connectivity index is 2.98. The summed E-state index contributed by atoms with van der Waals surface area (Å²) in [5, 5.41) is 13.5. The second-order valence-electron chi connectivity index (χ2n) is 2.49. The van der Waals surface area contributed by atoms with Gasteiger partial charge in [-0.1, -0.05) is 11.6 Å². The average Bonchev–Trinajstić information content (AvgIpc) is 2.14. The Hall–Kier alpha value is -1.49. The SMILES string of the molecule is CNC(=O)Nc1cc(O)c(Cl)cc1F. The normalized spacial score (nSPS) is 9.64. The van der Waals surface area contributed by atoms with Gasteiger partial charge in [-0.05, 0) is 6.07 Å². The van der Waals surface area contributed by atoms with Gasteiger partial charge in [0.25, 0.3) is 0 Å². The van der Waals surface area contributed by atoms with E-state index in [9.17, 15) is 9.18 Å². The van der Waals surface area contributed by atoms with Crippen molar-refractivity contribution in [3.63, 3.8) is 0 Å². The van der Waals surface area contributed by atoms with E-state index in [1.165, 1.54) is 7.05 Å². The van der Waals surface area contributed by atoms with E-state index in [4.69, 9.17) is 16.7 Å². The Morgan fingerprint density at radius 2 is 2.21 bits per heavy atom. The molecule has 0 aromatic heterocycles. The van der Waals surface area contributed by atoms with E-state index in [0.717, 1.165) is 12.1 Å². The van der Waals surface area contributed by atoms with Crippen LogP contribution in [0.1, 0.15) is 0 Å². The molecule has 0 fully saturated rings. The molecule has 1 rings (SSSR count). The van der Waals surface area contributed by atoms with Crippen molar-refractivity contribution < 1.29 is 14.3 Å². The average molecular weight is 219 g/mol.